The monoisotopic (exact) mass is 392 g/mol. The third-order valence-corrected chi connectivity index (χ3v) is 4.04. The quantitative estimate of drug-likeness (QED) is 0.692. The van der Waals surface area contributed by atoms with Crippen LogP contribution in [0.2, 0.25) is 5.02 Å². The third-order valence-electron chi connectivity index (χ3n) is 3.72. The number of aromatic nitrogens is 3. The Morgan fingerprint density at radius 2 is 2.00 bits per heavy atom. The van der Waals surface area contributed by atoms with Gasteiger partial charge in [-0.05, 0) is 18.2 Å². The molecule has 1 aromatic carbocycles. The molecule has 1 amide bonds. The Morgan fingerprint density at radius 3 is 2.67 bits per heavy atom. The molecule has 9 heteroatoms. The molecule has 0 aliphatic rings. The van der Waals surface area contributed by atoms with E-state index in [0.717, 1.165) is 0 Å². The second-order valence-corrected chi connectivity index (χ2v) is 7.42. The zero-order valence-corrected chi connectivity index (χ0v) is 15.8. The van der Waals surface area contributed by atoms with Crippen LogP contribution in [0.4, 0.5) is 10.2 Å². The topological polar surface area (TPSA) is 94.1 Å². The number of carbonyl (C=O) groups excluding carboxylic acids is 1. The molecule has 7 nitrogen and oxygen atoms in total. The smallest absolute Gasteiger partial charge is 0.227 e. The fraction of sp³-hybridized carbons (Fsp3) is 0.333. The Kier molecular flexibility index (Phi) is 5.27. The third kappa shape index (κ3) is 4.71. The second-order valence-electron chi connectivity index (χ2n) is 7.01. The summed E-state index contributed by atoms with van der Waals surface area (Å²) in [7, 11) is 0. The van der Waals surface area contributed by atoms with Gasteiger partial charge in [0.25, 0.3) is 0 Å². The molecule has 0 atom stereocenters. The summed E-state index contributed by atoms with van der Waals surface area (Å²) in [5, 5.41) is 10.5. The normalized spacial score (nSPS) is 11.6. The Morgan fingerprint density at radius 1 is 1.22 bits per heavy atom. The van der Waals surface area contributed by atoms with Crippen molar-refractivity contribution in [1.29, 1.82) is 0 Å². The molecule has 0 radical (unpaired) electrons. The highest BCUT2D eigenvalue weighted by Crippen LogP contribution is 2.27. The van der Waals surface area contributed by atoms with E-state index in [2.05, 4.69) is 20.6 Å². The Bertz CT molecular complexity index is 962. The summed E-state index contributed by atoms with van der Waals surface area (Å²) in [6.07, 6.45) is 0.359. The molecule has 2 heterocycles. The van der Waals surface area contributed by atoms with Crippen molar-refractivity contribution in [1.82, 2.24) is 15.3 Å². The predicted octanol–water partition coefficient (Wildman–Crippen LogP) is 4.39. The highest BCUT2D eigenvalue weighted by atomic mass is 35.5. The number of anilines is 1. The van der Waals surface area contributed by atoms with E-state index in [9.17, 15) is 9.18 Å². The van der Waals surface area contributed by atoms with Crippen molar-refractivity contribution in [3.05, 3.63) is 46.8 Å². The Hall–Kier alpha value is -2.74. The first-order valence-corrected chi connectivity index (χ1v) is 8.65. The lowest BCUT2D eigenvalue weighted by molar-refractivity contribution is -0.116. The van der Waals surface area contributed by atoms with E-state index in [1.54, 1.807) is 6.07 Å². The lowest BCUT2D eigenvalue weighted by Gasteiger charge is -2.11. The Balaban J connectivity index is 1.58. The lowest BCUT2D eigenvalue weighted by Crippen LogP contribution is -2.13. The Labute approximate surface area is 159 Å². The molecule has 142 valence electrons. The molecule has 1 N–H and O–H groups in total. The highest BCUT2D eigenvalue weighted by molar-refractivity contribution is 6.33. The van der Waals surface area contributed by atoms with Gasteiger partial charge in [-0.3, -0.25) is 4.79 Å². The van der Waals surface area contributed by atoms with E-state index in [4.69, 9.17) is 20.6 Å². The summed E-state index contributed by atoms with van der Waals surface area (Å²) in [4.78, 5) is 16.3. The number of rotatable bonds is 5. The van der Waals surface area contributed by atoms with Crippen molar-refractivity contribution >= 4 is 23.3 Å². The van der Waals surface area contributed by atoms with Crippen LogP contribution in [0.25, 0.3) is 11.4 Å². The van der Waals surface area contributed by atoms with Gasteiger partial charge in [-0.25, -0.2) is 4.39 Å². The minimum Gasteiger partial charge on any atom is -0.359 e. The second kappa shape index (κ2) is 7.48. The van der Waals surface area contributed by atoms with E-state index < -0.39 is 5.82 Å². The van der Waals surface area contributed by atoms with Gasteiger partial charge in [-0.1, -0.05) is 42.7 Å². The van der Waals surface area contributed by atoms with Crippen LogP contribution in [-0.2, 0) is 16.6 Å². The van der Waals surface area contributed by atoms with Gasteiger partial charge in [0.1, 0.15) is 11.6 Å². The van der Waals surface area contributed by atoms with Crippen LogP contribution in [0.15, 0.2) is 33.3 Å². The number of nitrogens with one attached hydrogen (secondary N) is 1. The van der Waals surface area contributed by atoms with Gasteiger partial charge in [0, 0.05) is 29.9 Å². The van der Waals surface area contributed by atoms with Crippen molar-refractivity contribution in [3.8, 4) is 11.4 Å². The first-order valence-electron chi connectivity index (χ1n) is 8.27. The lowest BCUT2D eigenvalue weighted by atomic mass is 9.93. The van der Waals surface area contributed by atoms with E-state index in [0.29, 0.717) is 17.1 Å². The average molecular weight is 393 g/mol. The zero-order chi connectivity index (χ0) is 19.6. The van der Waals surface area contributed by atoms with Crippen molar-refractivity contribution in [2.24, 2.45) is 0 Å². The summed E-state index contributed by atoms with van der Waals surface area (Å²) >= 11 is 5.98. The van der Waals surface area contributed by atoms with Gasteiger partial charge in [-0.2, -0.15) is 4.98 Å². The summed E-state index contributed by atoms with van der Waals surface area (Å²) < 4.78 is 23.5. The summed E-state index contributed by atoms with van der Waals surface area (Å²) in [6.45, 7) is 5.96. The molecule has 0 saturated heterocycles. The molecule has 0 spiro atoms. The maximum absolute atomic E-state index is 13.1. The van der Waals surface area contributed by atoms with Crippen LogP contribution in [-0.4, -0.2) is 21.2 Å². The number of hydrogen-bond acceptors (Lipinski definition) is 6. The molecule has 2 aromatic heterocycles. The molecule has 3 aromatic rings. The number of carbonyl (C=O) groups is 1. The fourth-order valence-corrected chi connectivity index (χ4v) is 2.50. The van der Waals surface area contributed by atoms with Crippen LogP contribution in [0.5, 0.6) is 0 Å². The van der Waals surface area contributed by atoms with Crippen LogP contribution in [0.3, 0.4) is 0 Å². The molecule has 0 bridgehead atoms. The number of hydrogen-bond donors (Lipinski definition) is 1. The number of aryl methyl sites for hydroxylation is 1. The molecule has 3 rings (SSSR count). The SMILES string of the molecule is CC(C)(C)c1cc(NC(=O)CCc2nc(-c3ccc(F)cc3Cl)no2)no1. The minimum atomic E-state index is -0.452. The summed E-state index contributed by atoms with van der Waals surface area (Å²) in [5.41, 5.74) is 0.257. The molecular formula is C18H18ClFN4O3. The van der Waals surface area contributed by atoms with Crippen LogP contribution >= 0.6 is 11.6 Å². The average Bonchev–Trinajstić information content (AvgIpc) is 3.22. The largest absolute Gasteiger partial charge is 0.359 e. The van der Waals surface area contributed by atoms with Crippen LogP contribution in [0.1, 0.15) is 38.8 Å². The highest BCUT2D eigenvalue weighted by Gasteiger charge is 2.20. The van der Waals surface area contributed by atoms with Gasteiger partial charge in [-0.15, -0.1) is 0 Å². The molecule has 0 saturated carbocycles. The maximum Gasteiger partial charge on any atom is 0.227 e. The minimum absolute atomic E-state index is 0.122. The predicted molar refractivity (Wildman–Crippen MR) is 96.9 cm³/mol. The first kappa shape index (κ1) is 19.0. The van der Waals surface area contributed by atoms with Gasteiger partial charge in [0.2, 0.25) is 17.6 Å². The number of amides is 1. The molecule has 0 aliphatic heterocycles. The molecule has 0 fully saturated rings. The number of nitrogens with zero attached hydrogens (tertiary/aromatic N) is 3. The van der Waals surface area contributed by atoms with Gasteiger partial charge in [0.05, 0.1) is 5.02 Å². The number of halogens is 2. The van der Waals surface area contributed by atoms with E-state index in [1.807, 2.05) is 20.8 Å². The molecule has 0 unspecified atom stereocenters. The van der Waals surface area contributed by atoms with Crippen molar-refractivity contribution < 1.29 is 18.2 Å². The van der Waals surface area contributed by atoms with Crippen molar-refractivity contribution in [2.45, 2.75) is 39.0 Å². The van der Waals surface area contributed by atoms with Crippen molar-refractivity contribution in [3.63, 3.8) is 0 Å². The molecule has 27 heavy (non-hydrogen) atoms. The zero-order valence-electron chi connectivity index (χ0n) is 15.0. The van der Waals surface area contributed by atoms with Gasteiger partial charge < -0.3 is 14.4 Å². The molecular weight excluding hydrogens is 375 g/mol. The number of benzene rings is 1. The summed E-state index contributed by atoms with van der Waals surface area (Å²) in [5.74, 6) is 0.831. The molecule has 0 aliphatic carbocycles. The maximum atomic E-state index is 13.1. The standard InChI is InChI=1S/C18H18ClFN4O3/c1-18(2,3)13-9-14(23-26-13)21-15(25)6-7-16-22-17(24-27-16)11-5-4-10(20)8-12(11)19/h4-5,8-9H,6-7H2,1-3H3,(H,21,23,25). The summed E-state index contributed by atoms with van der Waals surface area (Å²) in [6, 6.07) is 5.59. The van der Waals surface area contributed by atoms with Gasteiger partial charge in [0.15, 0.2) is 5.82 Å². The van der Waals surface area contributed by atoms with Crippen molar-refractivity contribution in [2.75, 3.05) is 5.32 Å². The van der Waals surface area contributed by atoms with Gasteiger partial charge >= 0.3 is 0 Å². The van der Waals surface area contributed by atoms with Crippen LogP contribution in [0, 0.1) is 5.82 Å². The van der Waals surface area contributed by atoms with E-state index in [-0.39, 0.29) is 40.9 Å². The van der Waals surface area contributed by atoms with E-state index in [1.165, 1.54) is 18.2 Å². The van der Waals surface area contributed by atoms with E-state index >= 15 is 0 Å². The van der Waals surface area contributed by atoms with Crippen LogP contribution < -0.4 is 5.32 Å². The fourth-order valence-electron chi connectivity index (χ4n) is 2.25. The first-order chi connectivity index (χ1) is 12.7.